The number of anilines is 1. The van der Waals surface area contributed by atoms with E-state index >= 15 is 0 Å². The molecule has 1 N–H and O–H groups in total. The van der Waals surface area contributed by atoms with E-state index in [4.69, 9.17) is 16.3 Å². The van der Waals surface area contributed by atoms with E-state index in [1.807, 2.05) is 0 Å². The van der Waals surface area contributed by atoms with E-state index in [0.717, 1.165) is 10.4 Å². The zero-order valence-electron chi connectivity index (χ0n) is 16.8. The van der Waals surface area contributed by atoms with E-state index in [9.17, 15) is 22.8 Å². The number of benzene rings is 2. The Morgan fingerprint density at radius 3 is 2.33 bits per heavy atom. The van der Waals surface area contributed by atoms with E-state index < -0.39 is 28.0 Å². The second-order valence-corrected chi connectivity index (χ2v) is 9.10. The Morgan fingerprint density at radius 1 is 1.10 bits per heavy atom. The molecule has 0 aliphatic carbocycles. The van der Waals surface area contributed by atoms with Crippen molar-refractivity contribution < 1.29 is 27.5 Å². The summed E-state index contributed by atoms with van der Waals surface area (Å²) in [5.41, 5.74) is 0.535. The maximum absolute atomic E-state index is 12.4. The van der Waals surface area contributed by atoms with Gasteiger partial charge in [0.25, 0.3) is 5.91 Å². The highest BCUT2D eigenvalue weighted by molar-refractivity contribution is 7.89. The minimum absolute atomic E-state index is 0.0492. The number of rotatable bonds is 7. The lowest BCUT2D eigenvalue weighted by Crippen LogP contribution is -2.30. The summed E-state index contributed by atoms with van der Waals surface area (Å²) in [6.07, 6.45) is -1.21. The third-order valence-corrected chi connectivity index (χ3v) is 6.44. The van der Waals surface area contributed by atoms with Gasteiger partial charge in [0.1, 0.15) is 4.90 Å². The minimum Gasteiger partial charge on any atom is -0.449 e. The predicted molar refractivity (Wildman–Crippen MR) is 112 cm³/mol. The largest absolute Gasteiger partial charge is 0.449 e. The number of carbonyl (C=O) groups excluding carboxylic acids is 3. The molecule has 1 amide bonds. The molecule has 0 aliphatic heterocycles. The maximum atomic E-state index is 12.4. The molecule has 0 bridgehead atoms. The number of ether oxygens (including phenoxy) is 1. The molecule has 160 valence electrons. The highest BCUT2D eigenvalue weighted by atomic mass is 35.5. The van der Waals surface area contributed by atoms with Crippen LogP contribution in [-0.4, -0.2) is 50.6 Å². The number of carbonyl (C=O) groups is 3. The standard InChI is InChI=1S/C20H21ClN2O6S/c1-12(24)15-7-5-6-8-17(15)22-19(25)13(2)29-20(26)14-9-10-16(21)18(11-14)30(27,28)23(3)4/h5-11,13H,1-4H3,(H,22,25). The van der Waals surface area contributed by atoms with Gasteiger partial charge in [-0.3, -0.25) is 9.59 Å². The van der Waals surface area contributed by atoms with E-state index in [-0.39, 0.29) is 21.3 Å². The molecule has 0 radical (unpaired) electrons. The molecule has 10 heteroatoms. The van der Waals surface area contributed by atoms with Crippen LogP contribution in [0, 0.1) is 0 Å². The molecule has 8 nitrogen and oxygen atoms in total. The average molecular weight is 453 g/mol. The van der Waals surface area contributed by atoms with Crippen molar-refractivity contribution in [3.8, 4) is 0 Å². The minimum atomic E-state index is -3.88. The highest BCUT2D eigenvalue weighted by Crippen LogP contribution is 2.25. The third kappa shape index (κ3) is 5.24. The molecule has 2 aromatic carbocycles. The number of halogens is 1. The Kier molecular flexibility index (Phi) is 7.35. The summed E-state index contributed by atoms with van der Waals surface area (Å²) in [5.74, 6) is -1.78. The van der Waals surface area contributed by atoms with Crippen molar-refractivity contribution in [2.24, 2.45) is 0 Å². The zero-order chi connectivity index (χ0) is 22.6. The summed E-state index contributed by atoms with van der Waals surface area (Å²) in [4.78, 5) is 36.3. The number of hydrogen-bond acceptors (Lipinski definition) is 6. The molecule has 1 unspecified atom stereocenters. The first kappa shape index (κ1) is 23.5. The van der Waals surface area contributed by atoms with Crippen LogP contribution in [0.1, 0.15) is 34.6 Å². The number of esters is 1. The summed E-state index contributed by atoms with van der Waals surface area (Å²) in [6.45, 7) is 2.73. The van der Waals surface area contributed by atoms with Crippen molar-refractivity contribution in [2.75, 3.05) is 19.4 Å². The van der Waals surface area contributed by atoms with Gasteiger partial charge in [-0.05, 0) is 44.2 Å². The molecule has 0 aromatic heterocycles. The van der Waals surface area contributed by atoms with Crippen LogP contribution in [-0.2, 0) is 19.6 Å². The molecule has 0 fully saturated rings. The molecule has 0 aliphatic rings. The molecule has 30 heavy (non-hydrogen) atoms. The average Bonchev–Trinajstić information content (AvgIpc) is 2.68. The van der Waals surface area contributed by atoms with Gasteiger partial charge in [-0.1, -0.05) is 23.7 Å². The first-order chi connectivity index (χ1) is 13.9. The summed E-state index contributed by atoms with van der Waals surface area (Å²) >= 11 is 5.97. The Bertz CT molecular complexity index is 1100. The molecule has 2 aromatic rings. The predicted octanol–water partition coefficient (Wildman–Crippen LogP) is 2.98. The maximum Gasteiger partial charge on any atom is 0.338 e. The molecule has 0 spiro atoms. The number of amides is 1. The molecule has 2 rings (SSSR count). The number of hydrogen-bond donors (Lipinski definition) is 1. The van der Waals surface area contributed by atoms with Crippen LogP contribution in [0.15, 0.2) is 47.4 Å². The van der Waals surface area contributed by atoms with Gasteiger partial charge < -0.3 is 10.1 Å². The monoisotopic (exact) mass is 452 g/mol. The number of sulfonamides is 1. The SMILES string of the molecule is CC(=O)c1ccccc1NC(=O)C(C)OC(=O)c1ccc(Cl)c(S(=O)(=O)N(C)C)c1. The molecule has 0 saturated heterocycles. The van der Waals surface area contributed by atoms with Crippen molar-refractivity contribution in [2.45, 2.75) is 24.8 Å². The lowest BCUT2D eigenvalue weighted by molar-refractivity contribution is -0.123. The van der Waals surface area contributed by atoms with Gasteiger partial charge in [-0.25, -0.2) is 17.5 Å². The molecular weight excluding hydrogens is 432 g/mol. The molecule has 0 heterocycles. The normalized spacial score (nSPS) is 12.3. The quantitative estimate of drug-likeness (QED) is 0.510. The third-order valence-electron chi connectivity index (χ3n) is 4.14. The number of Topliss-reactive ketones (excluding diaryl/α,β-unsaturated/α-hetero) is 1. The number of para-hydroxylation sites is 1. The van der Waals surface area contributed by atoms with Crippen LogP contribution in [0.2, 0.25) is 5.02 Å². The Labute approximate surface area is 179 Å². The van der Waals surface area contributed by atoms with E-state index in [1.54, 1.807) is 24.3 Å². The lowest BCUT2D eigenvalue weighted by atomic mass is 10.1. The van der Waals surface area contributed by atoms with Crippen molar-refractivity contribution in [1.29, 1.82) is 0 Å². The number of nitrogens with one attached hydrogen (secondary N) is 1. The van der Waals surface area contributed by atoms with Crippen molar-refractivity contribution in [3.05, 3.63) is 58.6 Å². The van der Waals surface area contributed by atoms with Crippen molar-refractivity contribution >= 4 is 45.0 Å². The fourth-order valence-corrected chi connectivity index (χ4v) is 3.83. The van der Waals surface area contributed by atoms with Gasteiger partial charge in [0.15, 0.2) is 11.9 Å². The Balaban J connectivity index is 2.18. The number of ketones is 1. The van der Waals surface area contributed by atoms with Gasteiger partial charge in [0.05, 0.1) is 16.3 Å². The van der Waals surface area contributed by atoms with Gasteiger partial charge in [-0.2, -0.15) is 0 Å². The zero-order valence-corrected chi connectivity index (χ0v) is 18.4. The molecule has 0 saturated carbocycles. The van der Waals surface area contributed by atoms with Gasteiger partial charge >= 0.3 is 5.97 Å². The van der Waals surface area contributed by atoms with Crippen LogP contribution in [0.4, 0.5) is 5.69 Å². The smallest absolute Gasteiger partial charge is 0.338 e. The second kappa shape index (κ2) is 9.38. The topological polar surface area (TPSA) is 110 Å². The molecule has 1 atom stereocenters. The lowest BCUT2D eigenvalue weighted by Gasteiger charge is -2.16. The van der Waals surface area contributed by atoms with Crippen molar-refractivity contribution in [3.63, 3.8) is 0 Å². The summed E-state index contributed by atoms with van der Waals surface area (Å²) < 4.78 is 30.8. The van der Waals surface area contributed by atoms with Crippen LogP contribution < -0.4 is 5.32 Å². The van der Waals surface area contributed by atoms with Gasteiger partial charge in [0.2, 0.25) is 10.0 Å². The summed E-state index contributed by atoms with van der Waals surface area (Å²) in [7, 11) is -1.21. The fourth-order valence-electron chi connectivity index (χ4n) is 2.44. The van der Waals surface area contributed by atoms with Crippen LogP contribution in [0.3, 0.4) is 0 Å². The number of nitrogens with zero attached hydrogens (tertiary/aromatic N) is 1. The van der Waals surface area contributed by atoms with Gasteiger partial charge in [0, 0.05) is 19.7 Å². The van der Waals surface area contributed by atoms with Crippen molar-refractivity contribution in [1.82, 2.24) is 4.31 Å². The molecular formula is C20H21ClN2O6S. The summed E-state index contributed by atoms with van der Waals surface area (Å²) in [6, 6.07) is 10.1. The van der Waals surface area contributed by atoms with Gasteiger partial charge in [-0.15, -0.1) is 0 Å². The fraction of sp³-hybridized carbons (Fsp3) is 0.250. The first-order valence-electron chi connectivity index (χ1n) is 8.79. The first-order valence-corrected chi connectivity index (χ1v) is 10.6. The van der Waals surface area contributed by atoms with Crippen LogP contribution in [0.25, 0.3) is 0 Å². The Morgan fingerprint density at radius 2 is 1.73 bits per heavy atom. The highest BCUT2D eigenvalue weighted by Gasteiger charge is 2.25. The summed E-state index contributed by atoms with van der Waals surface area (Å²) in [5, 5.41) is 2.50. The van der Waals surface area contributed by atoms with Crippen LogP contribution in [0.5, 0.6) is 0 Å². The van der Waals surface area contributed by atoms with E-state index in [1.165, 1.54) is 40.1 Å². The Hall–Kier alpha value is -2.75. The van der Waals surface area contributed by atoms with Crippen LogP contribution >= 0.6 is 11.6 Å². The van der Waals surface area contributed by atoms with E-state index in [2.05, 4.69) is 5.32 Å². The second-order valence-electron chi connectivity index (χ2n) is 6.57. The van der Waals surface area contributed by atoms with E-state index in [0.29, 0.717) is 11.3 Å².